The second kappa shape index (κ2) is 6.23. The summed E-state index contributed by atoms with van der Waals surface area (Å²) in [6.07, 6.45) is 5.13. The number of allylic oxidation sites excluding steroid dienone is 2. The van der Waals surface area contributed by atoms with Crippen molar-refractivity contribution in [3.63, 3.8) is 0 Å². The number of benzene rings is 1. The summed E-state index contributed by atoms with van der Waals surface area (Å²) in [5.41, 5.74) is 2.51. The van der Waals surface area contributed by atoms with Crippen LogP contribution in [0.1, 0.15) is 24.5 Å². The van der Waals surface area contributed by atoms with E-state index in [9.17, 15) is 9.59 Å². The highest BCUT2D eigenvalue weighted by molar-refractivity contribution is 6.05. The Hall–Kier alpha value is -2.60. The number of methoxy groups -OCH3 is 2. The topological polar surface area (TPSA) is 65.1 Å². The third-order valence-electron chi connectivity index (χ3n) is 5.92. The second-order valence-corrected chi connectivity index (χ2v) is 7.32. The molecular weight excluding hydrogens is 346 g/mol. The number of esters is 1. The van der Waals surface area contributed by atoms with Gasteiger partial charge in [-0.2, -0.15) is 0 Å². The smallest absolute Gasteiger partial charge is 0.308 e. The van der Waals surface area contributed by atoms with Crippen molar-refractivity contribution in [2.45, 2.75) is 31.2 Å². The summed E-state index contributed by atoms with van der Waals surface area (Å²) >= 11 is 0. The van der Waals surface area contributed by atoms with Gasteiger partial charge < -0.3 is 14.2 Å². The maximum Gasteiger partial charge on any atom is 0.308 e. The Kier molecular flexibility index (Phi) is 4.11. The molecule has 0 saturated carbocycles. The molecule has 0 spiro atoms. The Morgan fingerprint density at radius 2 is 2.04 bits per heavy atom. The Morgan fingerprint density at radius 3 is 2.70 bits per heavy atom. The SMILES string of the molecule is COC1=C[C@]23CCN(C)[C@H](Cc4ccc(OC)c(OC(C)=O)c42)C3=CC1=O. The van der Waals surface area contributed by atoms with Gasteiger partial charge in [-0.3, -0.25) is 14.5 Å². The number of ether oxygens (including phenoxy) is 3. The minimum Gasteiger partial charge on any atom is -0.493 e. The van der Waals surface area contributed by atoms with Gasteiger partial charge in [0.2, 0.25) is 5.78 Å². The Morgan fingerprint density at radius 1 is 1.26 bits per heavy atom. The molecule has 1 fully saturated rings. The fraction of sp³-hybridized carbons (Fsp3) is 0.429. The van der Waals surface area contributed by atoms with E-state index in [1.165, 1.54) is 14.0 Å². The van der Waals surface area contributed by atoms with E-state index in [0.717, 1.165) is 36.1 Å². The molecule has 0 radical (unpaired) electrons. The molecule has 1 saturated heterocycles. The van der Waals surface area contributed by atoms with Gasteiger partial charge in [-0.1, -0.05) is 6.07 Å². The number of carbonyl (C=O) groups is 2. The van der Waals surface area contributed by atoms with Crippen LogP contribution >= 0.6 is 0 Å². The summed E-state index contributed by atoms with van der Waals surface area (Å²) in [5, 5.41) is 0. The number of piperidine rings is 1. The fourth-order valence-corrected chi connectivity index (χ4v) is 4.72. The van der Waals surface area contributed by atoms with Crippen molar-refractivity contribution >= 4 is 11.8 Å². The lowest BCUT2D eigenvalue weighted by molar-refractivity contribution is -0.132. The van der Waals surface area contributed by atoms with Gasteiger partial charge in [0.25, 0.3) is 0 Å². The molecule has 1 aromatic rings. The highest BCUT2D eigenvalue weighted by Crippen LogP contribution is 2.56. The van der Waals surface area contributed by atoms with Crippen molar-refractivity contribution in [1.29, 1.82) is 0 Å². The first kappa shape index (κ1) is 17.8. The molecule has 6 nitrogen and oxygen atoms in total. The lowest BCUT2D eigenvalue weighted by Crippen LogP contribution is -2.54. The van der Waals surface area contributed by atoms with E-state index in [0.29, 0.717) is 17.3 Å². The van der Waals surface area contributed by atoms with E-state index in [-0.39, 0.29) is 11.8 Å². The molecule has 6 heteroatoms. The summed E-state index contributed by atoms with van der Waals surface area (Å²) in [4.78, 5) is 26.6. The molecule has 1 aliphatic heterocycles. The number of likely N-dealkylation sites (N-methyl/N-ethyl adjacent to an activating group) is 1. The predicted octanol–water partition coefficient (Wildman–Crippen LogP) is 2.16. The van der Waals surface area contributed by atoms with Gasteiger partial charge in [0.05, 0.1) is 14.2 Å². The molecule has 1 aromatic carbocycles. The normalized spacial score (nSPS) is 26.4. The van der Waals surface area contributed by atoms with Crippen molar-refractivity contribution < 1.29 is 23.8 Å². The van der Waals surface area contributed by atoms with Crippen molar-refractivity contribution in [2.75, 3.05) is 27.8 Å². The van der Waals surface area contributed by atoms with E-state index in [1.54, 1.807) is 13.2 Å². The highest BCUT2D eigenvalue weighted by Gasteiger charge is 2.52. The van der Waals surface area contributed by atoms with Crippen LogP contribution in [0.15, 0.2) is 35.6 Å². The minimum atomic E-state index is -0.538. The van der Waals surface area contributed by atoms with Crippen molar-refractivity contribution in [3.05, 3.63) is 46.7 Å². The Balaban J connectivity index is 2.04. The highest BCUT2D eigenvalue weighted by atomic mass is 16.6. The number of likely N-dealkylation sites (tertiary alicyclic amines) is 1. The van der Waals surface area contributed by atoms with E-state index in [1.807, 2.05) is 18.2 Å². The number of ketones is 1. The average molecular weight is 369 g/mol. The number of hydrogen-bond acceptors (Lipinski definition) is 6. The maximum absolute atomic E-state index is 12.5. The zero-order valence-electron chi connectivity index (χ0n) is 16.0. The van der Waals surface area contributed by atoms with Crippen LogP contribution in [0.2, 0.25) is 0 Å². The summed E-state index contributed by atoms with van der Waals surface area (Å²) in [7, 11) is 5.15. The third kappa shape index (κ3) is 2.51. The van der Waals surface area contributed by atoms with Gasteiger partial charge in [0.15, 0.2) is 17.3 Å². The minimum absolute atomic E-state index is 0.121. The molecular formula is C21H23NO5. The summed E-state index contributed by atoms with van der Waals surface area (Å²) in [5.74, 6) is 0.758. The standard InChI is InChI=1S/C21H23NO5/c1-12(23)27-20-17(25-3)6-5-13-9-15-14-10-16(24)18(26-4)11-21(14,19(13)20)7-8-22(15)2/h5-6,10-11,15H,7-9H2,1-4H3/t15-,21+/m1/s1. The van der Waals surface area contributed by atoms with Crippen molar-refractivity contribution in [3.8, 4) is 11.5 Å². The largest absolute Gasteiger partial charge is 0.493 e. The number of nitrogens with zero attached hydrogens (tertiary/aromatic N) is 1. The number of carbonyl (C=O) groups excluding carboxylic acids is 2. The molecule has 0 amide bonds. The van der Waals surface area contributed by atoms with Crippen LogP contribution in [0.5, 0.6) is 11.5 Å². The molecule has 3 aliphatic rings. The second-order valence-electron chi connectivity index (χ2n) is 7.32. The van der Waals surface area contributed by atoms with Crippen molar-refractivity contribution in [1.82, 2.24) is 4.90 Å². The third-order valence-corrected chi connectivity index (χ3v) is 5.92. The average Bonchev–Trinajstić information content (AvgIpc) is 2.64. The molecule has 0 N–H and O–H groups in total. The lowest BCUT2D eigenvalue weighted by atomic mass is 9.58. The predicted molar refractivity (Wildman–Crippen MR) is 98.9 cm³/mol. The first-order valence-electron chi connectivity index (χ1n) is 9.03. The van der Waals surface area contributed by atoms with Gasteiger partial charge in [-0.05, 0) is 55.8 Å². The van der Waals surface area contributed by atoms with Crippen LogP contribution < -0.4 is 9.47 Å². The molecule has 4 rings (SSSR count). The Labute approximate surface area is 158 Å². The van der Waals surface area contributed by atoms with Gasteiger partial charge in [0.1, 0.15) is 0 Å². The first-order chi connectivity index (χ1) is 12.9. The number of hydrogen-bond donors (Lipinski definition) is 0. The van der Waals surface area contributed by atoms with Crippen LogP contribution in [-0.4, -0.2) is 50.5 Å². The van der Waals surface area contributed by atoms with Gasteiger partial charge in [-0.25, -0.2) is 0 Å². The number of rotatable bonds is 3. The quantitative estimate of drug-likeness (QED) is 0.601. The molecule has 27 heavy (non-hydrogen) atoms. The van der Waals surface area contributed by atoms with E-state index in [2.05, 4.69) is 11.9 Å². The van der Waals surface area contributed by atoms with Crippen LogP contribution in [0, 0.1) is 0 Å². The maximum atomic E-state index is 12.5. The van der Waals surface area contributed by atoms with Crippen LogP contribution in [0.25, 0.3) is 0 Å². The van der Waals surface area contributed by atoms with Crippen LogP contribution in [0.3, 0.4) is 0 Å². The zero-order chi connectivity index (χ0) is 19.3. The van der Waals surface area contributed by atoms with E-state index < -0.39 is 11.4 Å². The fourth-order valence-electron chi connectivity index (χ4n) is 4.72. The van der Waals surface area contributed by atoms with Crippen molar-refractivity contribution in [2.24, 2.45) is 0 Å². The van der Waals surface area contributed by atoms with Gasteiger partial charge in [-0.15, -0.1) is 0 Å². The zero-order valence-corrected chi connectivity index (χ0v) is 16.0. The van der Waals surface area contributed by atoms with Gasteiger partial charge in [0, 0.05) is 23.9 Å². The summed E-state index contributed by atoms with van der Waals surface area (Å²) in [6, 6.07) is 4.00. The molecule has 0 unspecified atom stereocenters. The van der Waals surface area contributed by atoms with E-state index in [4.69, 9.17) is 14.2 Å². The molecule has 2 aliphatic carbocycles. The van der Waals surface area contributed by atoms with E-state index >= 15 is 0 Å². The van der Waals surface area contributed by atoms with Gasteiger partial charge >= 0.3 is 5.97 Å². The molecule has 142 valence electrons. The molecule has 2 atom stereocenters. The lowest BCUT2D eigenvalue weighted by Gasteiger charge is -2.52. The Bertz CT molecular complexity index is 900. The summed E-state index contributed by atoms with van der Waals surface area (Å²) < 4.78 is 16.5. The first-order valence-corrected chi connectivity index (χ1v) is 9.03. The molecule has 2 bridgehead atoms. The summed E-state index contributed by atoms with van der Waals surface area (Å²) in [6.45, 7) is 2.24. The number of fused-ring (bicyclic) bond motifs is 1. The molecule has 0 aromatic heterocycles. The molecule has 1 heterocycles. The van der Waals surface area contributed by atoms with Crippen LogP contribution in [-0.2, 0) is 26.2 Å². The van der Waals surface area contributed by atoms with Crippen LogP contribution in [0.4, 0.5) is 0 Å². The monoisotopic (exact) mass is 369 g/mol.